The van der Waals surface area contributed by atoms with E-state index in [1.807, 2.05) is 6.92 Å². The molecule has 0 radical (unpaired) electrons. The van der Waals surface area contributed by atoms with Crippen LogP contribution in [0, 0.1) is 0 Å². The Balaban J connectivity index is 2.22. The molecule has 3 N–H and O–H groups in total. The number of hydrogen-bond donors (Lipinski definition) is 2. The number of nitrogens with two attached hydrogens (primary N) is 1. The van der Waals surface area contributed by atoms with Crippen LogP contribution >= 0.6 is 0 Å². The maximum absolute atomic E-state index is 11.9. The van der Waals surface area contributed by atoms with Crippen LogP contribution in [-0.2, 0) is 0 Å². The molecule has 1 aromatic carbocycles. The van der Waals surface area contributed by atoms with Gasteiger partial charge in [0.1, 0.15) is 5.75 Å². The van der Waals surface area contributed by atoms with E-state index < -0.39 is 0 Å². The van der Waals surface area contributed by atoms with Crippen LogP contribution in [-0.4, -0.2) is 18.6 Å². The first-order valence-corrected chi connectivity index (χ1v) is 5.31. The van der Waals surface area contributed by atoms with Gasteiger partial charge < -0.3 is 15.8 Å². The van der Waals surface area contributed by atoms with Gasteiger partial charge in [-0.2, -0.15) is 0 Å². The van der Waals surface area contributed by atoms with Gasteiger partial charge in [0.25, 0.3) is 5.91 Å². The summed E-state index contributed by atoms with van der Waals surface area (Å²) in [5.74, 6) is 0.407. The van der Waals surface area contributed by atoms with E-state index in [0.717, 1.165) is 12.8 Å². The Morgan fingerprint density at radius 3 is 2.75 bits per heavy atom. The van der Waals surface area contributed by atoms with Gasteiger partial charge in [-0.25, -0.2) is 0 Å². The van der Waals surface area contributed by atoms with Crippen LogP contribution in [0.2, 0.25) is 0 Å². The molecule has 2 rings (SSSR count). The number of anilines is 1. The molecule has 16 heavy (non-hydrogen) atoms. The number of nitrogens with one attached hydrogen (secondary N) is 1. The summed E-state index contributed by atoms with van der Waals surface area (Å²) in [6.45, 7) is 2.03. The second kappa shape index (κ2) is 3.70. The lowest BCUT2D eigenvalue weighted by atomic mass is 10.1. The fourth-order valence-corrected chi connectivity index (χ4v) is 1.57. The number of carbonyl (C=O) groups excluding carboxylic acids is 1. The number of methoxy groups -OCH3 is 1. The molecule has 1 aliphatic rings. The Bertz CT molecular complexity index is 425. The first-order chi connectivity index (χ1) is 7.56. The van der Waals surface area contributed by atoms with Crippen LogP contribution in [0.15, 0.2) is 18.2 Å². The summed E-state index contributed by atoms with van der Waals surface area (Å²) in [5.41, 5.74) is 6.69. The van der Waals surface area contributed by atoms with Crippen molar-refractivity contribution in [1.82, 2.24) is 5.32 Å². The molecule has 1 aliphatic carbocycles. The third-order valence-electron chi connectivity index (χ3n) is 2.95. The maximum Gasteiger partial charge on any atom is 0.253 e. The van der Waals surface area contributed by atoms with E-state index in [2.05, 4.69) is 5.32 Å². The molecule has 4 heteroatoms. The zero-order chi connectivity index (χ0) is 11.8. The number of benzene rings is 1. The van der Waals surface area contributed by atoms with Gasteiger partial charge in [-0.3, -0.25) is 4.79 Å². The van der Waals surface area contributed by atoms with Crippen molar-refractivity contribution in [2.45, 2.75) is 25.3 Å². The summed E-state index contributed by atoms with van der Waals surface area (Å²) in [6, 6.07) is 5.21. The molecule has 1 saturated carbocycles. The van der Waals surface area contributed by atoms with Crippen LogP contribution < -0.4 is 15.8 Å². The molecule has 0 atom stereocenters. The number of amides is 1. The molecule has 0 spiro atoms. The highest BCUT2D eigenvalue weighted by atomic mass is 16.5. The summed E-state index contributed by atoms with van der Waals surface area (Å²) in [5, 5.41) is 2.96. The second-order valence-corrected chi connectivity index (χ2v) is 4.44. The zero-order valence-corrected chi connectivity index (χ0v) is 9.54. The third kappa shape index (κ3) is 1.96. The number of para-hydroxylation sites is 1. The van der Waals surface area contributed by atoms with Crippen molar-refractivity contribution >= 4 is 11.6 Å². The molecule has 0 saturated heterocycles. The minimum absolute atomic E-state index is 0.0351. The average molecular weight is 220 g/mol. The minimum Gasteiger partial charge on any atom is -0.495 e. The van der Waals surface area contributed by atoms with Gasteiger partial charge >= 0.3 is 0 Å². The molecule has 1 fully saturated rings. The molecule has 0 unspecified atom stereocenters. The fourth-order valence-electron chi connectivity index (χ4n) is 1.57. The van der Waals surface area contributed by atoms with Crippen molar-refractivity contribution in [1.29, 1.82) is 0 Å². The van der Waals surface area contributed by atoms with Gasteiger partial charge in [-0.1, -0.05) is 6.07 Å². The van der Waals surface area contributed by atoms with Crippen LogP contribution in [0.1, 0.15) is 30.1 Å². The highest BCUT2D eigenvalue weighted by Crippen LogP contribution is 2.35. The number of nitrogen functional groups attached to an aromatic ring is 1. The van der Waals surface area contributed by atoms with Crippen molar-refractivity contribution in [2.24, 2.45) is 0 Å². The molecule has 0 heterocycles. The highest BCUT2D eigenvalue weighted by Gasteiger charge is 2.39. The Morgan fingerprint density at radius 2 is 2.19 bits per heavy atom. The van der Waals surface area contributed by atoms with E-state index in [4.69, 9.17) is 10.5 Å². The predicted molar refractivity (Wildman–Crippen MR) is 62.5 cm³/mol. The predicted octanol–water partition coefficient (Wildman–Crippen LogP) is 1.56. The minimum atomic E-state index is -0.128. The Hall–Kier alpha value is -1.71. The van der Waals surface area contributed by atoms with E-state index in [1.54, 1.807) is 18.2 Å². The Kier molecular flexibility index (Phi) is 2.50. The molecule has 1 aromatic rings. The van der Waals surface area contributed by atoms with E-state index in [0.29, 0.717) is 17.0 Å². The SMILES string of the molecule is COc1cccc(C(=O)NC2(C)CC2)c1N. The Labute approximate surface area is 94.8 Å². The molecule has 0 aromatic heterocycles. The molecular weight excluding hydrogens is 204 g/mol. The van der Waals surface area contributed by atoms with Gasteiger partial charge in [0.05, 0.1) is 18.4 Å². The standard InChI is InChI=1S/C12H16N2O2/c1-12(6-7-12)14-11(15)8-4-3-5-9(16-2)10(8)13/h3-5H,6-7,13H2,1-2H3,(H,14,15). The van der Waals surface area contributed by atoms with Crippen molar-refractivity contribution in [3.8, 4) is 5.75 Å². The van der Waals surface area contributed by atoms with Crippen LogP contribution in [0.25, 0.3) is 0 Å². The molecular formula is C12H16N2O2. The van der Waals surface area contributed by atoms with Crippen LogP contribution in [0.5, 0.6) is 5.75 Å². The summed E-state index contributed by atoms with van der Waals surface area (Å²) >= 11 is 0. The van der Waals surface area contributed by atoms with Crippen molar-refractivity contribution < 1.29 is 9.53 Å². The maximum atomic E-state index is 11.9. The van der Waals surface area contributed by atoms with Gasteiger partial charge in [0, 0.05) is 5.54 Å². The van der Waals surface area contributed by atoms with Crippen molar-refractivity contribution in [3.05, 3.63) is 23.8 Å². The van der Waals surface area contributed by atoms with Crippen LogP contribution in [0.4, 0.5) is 5.69 Å². The van der Waals surface area contributed by atoms with Crippen molar-refractivity contribution in [3.63, 3.8) is 0 Å². The molecule has 1 amide bonds. The zero-order valence-electron chi connectivity index (χ0n) is 9.54. The summed E-state index contributed by atoms with van der Waals surface area (Å²) < 4.78 is 5.08. The number of carbonyl (C=O) groups is 1. The highest BCUT2D eigenvalue weighted by molar-refractivity contribution is 6.00. The topological polar surface area (TPSA) is 64.3 Å². The first-order valence-electron chi connectivity index (χ1n) is 5.31. The van der Waals surface area contributed by atoms with E-state index in [-0.39, 0.29) is 11.4 Å². The average Bonchev–Trinajstić information content (AvgIpc) is 2.96. The summed E-state index contributed by atoms with van der Waals surface area (Å²) in [7, 11) is 1.54. The molecule has 4 nitrogen and oxygen atoms in total. The number of rotatable bonds is 3. The Morgan fingerprint density at radius 1 is 1.50 bits per heavy atom. The number of hydrogen-bond acceptors (Lipinski definition) is 3. The third-order valence-corrected chi connectivity index (χ3v) is 2.95. The first kappa shape index (κ1) is 10.8. The summed E-state index contributed by atoms with van der Waals surface area (Å²) in [6.07, 6.45) is 2.06. The van der Waals surface area contributed by atoms with Gasteiger partial charge in [0.15, 0.2) is 0 Å². The second-order valence-electron chi connectivity index (χ2n) is 4.44. The van der Waals surface area contributed by atoms with Crippen LogP contribution in [0.3, 0.4) is 0 Å². The van der Waals surface area contributed by atoms with Gasteiger partial charge in [-0.05, 0) is 31.9 Å². The molecule has 0 bridgehead atoms. The lowest BCUT2D eigenvalue weighted by Gasteiger charge is -2.14. The quantitative estimate of drug-likeness (QED) is 0.760. The largest absolute Gasteiger partial charge is 0.495 e. The fraction of sp³-hybridized carbons (Fsp3) is 0.417. The summed E-state index contributed by atoms with van der Waals surface area (Å²) in [4.78, 5) is 11.9. The monoisotopic (exact) mass is 220 g/mol. The van der Waals surface area contributed by atoms with Gasteiger partial charge in [0.2, 0.25) is 0 Å². The van der Waals surface area contributed by atoms with E-state index in [1.165, 1.54) is 7.11 Å². The number of ether oxygens (including phenoxy) is 1. The smallest absolute Gasteiger partial charge is 0.253 e. The van der Waals surface area contributed by atoms with E-state index in [9.17, 15) is 4.79 Å². The van der Waals surface area contributed by atoms with E-state index >= 15 is 0 Å². The normalized spacial score (nSPS) is 16.6. The lowest BCUT2D eigenvalue weighted by molar-refractivity contribution is 0.0936. The van der Waals surface area contributed by atoms with Crippen molar-refractivity contribution in [2.75, 3.05) is 12.8 Å². The molecule has 0 aliphatic heterocycles. The lowest BCUT2D eigenvalue weighted by Crippen LogP contribution is -2.34. The molecule has 86 valence electrons. The van der Waals surface area contributed by atoms with Gasteiger partial charge in [-0.15, -0.1) is 0 Å².